The third kappa shape index (κ3) is 1.55. The molecule has 3 heteroatoms. The van der Waals surface area contributed by atoms with Crippen molar-refractivity contribution < 1.29 is 14.3 Å². The van der Waals surface area contributed by atoms with Crippen LogP contribution < -0.4 is 0 Å². The van der Waals surface area contributed by atoms with Crippen LogP contribution >= 0.6 is 0 Å². The van der Waals surface area contributed by atoms with Crippen LogP contribution in [0.4, 0.5) is 0 Å². The molecule has 0 aliphatic heterocycles. The van der Waals surface area contributed by atoms with Crippen molar-refractivity contribution in [1.29, 1.82) is 0 Å². The topological polar surface area (TPSA) is 43.4 Å². The summed E-state index contributed by atoms with van der Waals surface area (Å²) >= 11 is 0. The smallest absolute Gasteiger partial charge is 0.309 e. The summed E-state index contributed by atoms with van der Waals surface area (Å²) in [6.07, 6.45) is 2.04. The predicted octanol–water partition coefficient (Wildman–Crippen LogP) is 0.941. The molecule has 0 aromatic heterocycles. The maximum Gasteiger partial charge on any atom is 0.309 e. The van der Waals surface area contributed by atoms with Gasteiger partial charge in [-0.15, -0.1) is 0 Å². The molecule has 0 heterocycles. The van der Waals surface area contributed by atoms with Crippen LogP contribution in [0, 0.1) is 11.8 Å². The lowest BCUT2D eigenvalue weighted by Crippen LogP contribution is -2.20. The second kappa shape index (κ2) is 3.52. The van der Waals surface area contributed by atoms with Gasteiger partial charge >= 0.3 is 5.97 Å². The third-order valence-corrected chi connectivity index (χ3v) is 2.23. The molecule has 0 aromatic carbocycles. The van der Waals surface area contributed by atoms with Gasteiger partial charge in [0.15, 0.2) is 0 Å². The van der Waals surface area contributed by atoms with Gasteiger partial charge in [-0.3, -0.25) is 4.79 Å². The molecule has 1 rings (SSSR count). The Balaban J connectivity index is 2.69. The third-order valence-electron chi connectivity index (χ3n) is 2.23. The number of aldehydes is 1. The number of rotatable bonds is 2. The van der Waals surface area contributed by atoms with E-state index in [9.17, 15) is 9.59 Å². The molecule has 0 amide bonds. The quantitative estimate of drug-likeness (QED) is 0.350. The summed E-state index contributed by atoms with van der Waals surface area (Å²) in [5.74, 6) is -0.810. The molecule has 0 spiro atoms. The largest absolute Gasteiger partial charge is 0.469 e. The van der Waals surface area contributed by atoms with Gasteiger partial charge in [0.25, 0.3) is 0 Å². The molecule has 0 aromatic rings. The van der Waals surface area contributed by atoms with Crippen molar-refractivity contribution in [2.75, 3.05) is 7.11 Å². The van der Waals surface area contributed by atoms with Crippen LogP contribution in [0.25, 0.3) is 0 Å². The molecule has 12 heavy (non-hydrogen) atoms. The zero-order chi connectivity index (χ0) is 9.14. The van der Waals surface area contributed by atoms with Crippen LogP contribution in [0.3, 0.4) is 0 Å². The van der Waals surface area contributed by atoms with Gasteiger partial charge < -0.3 is 9.53 Å². The molecule has 0 N–H and O–H groups in total. The van der Waals surface area contributed by atoms with Gasteiger partial charge in [-0.1, -0.05) is 12.2 Å². The lowest BCUT2D eigenvalue weighted by atomic mass is 9.98. The molecule has 0 radical (unpaired) electrons. The highest BCUT2D eigenvalue weighted by Crippen LogP contribution is 2.34. The van der Waals surface area contributed by atoms with Crippen LogP contribution in [0.15, 0.2) is 12.2 Å². The van der Waals surface area contributed by atoms with Crippen molar-refractivity contribution in [3.8, 4) is 0 Å². The molecule has 1 aliphatic carbocycles. The lowest BCUT2D eigenvalue weighted by molar-refractivity contribution is -0.147. The number of carbonyl (C=O) groups excluding carboxylic acids is 2. The monoisotopic (exact) mass is 168 g/mol. The van der Waals surface area contributed by atoms with Gasteiger partial charge in [0.1, 0.15) is 6.29 Å². The standard InChI is InChI=1S/C9H12O3/c1-6-3-7(5-10)8(4-6)9(11)12-2/h5,7-8H,1,3-4H2,2H3/t7-,8+/m0/s1. The molecule has 0 saturated heterocycles. The second-order valence-corrected chi connectivity index (χ2v) is 3.09. The van der Waals surface area contributed by atoms with E-state index in [1.54, 1.807) is 0 Å². The van der Waals surface area contributed by atoms with E-state index in [2.05, 4.69) is 11.3 Å². The van der Waals surface area contributed by atoms with Crippen molar-refractivity contribution in [2.45, 2.75) is 12.8 Å². The number of carbonyl (C=O) groups is 2. The van der Waals surface area contributed by atoms with Gasteiger partial charge in [0.05, 0.1) is 13.0 Å². The molecule has 2 atom stereocenters. The maximum atomic E-state index is 11.1. The number of esters is 1. The predicted molar refractivity (Wildman–Crippen MR) is 43.4 cm³/mol. The number of allylic oxidation sites excluding steroid dienone is 1. The van der Waals surface area contributed by atoms with E-state index in [1.807, 2.05) is 0 Å². The zero-order valence-corrected chi connectivity index (χ0v) is 7.08. The Bertz CT molecular complexity index is 220. The van der Waals surface area contributed by atoms with Crippen LogP contribution in [-0.4, -0.2) is 19.4 Å². The Hall–Kier alpha value is -1.12. The summed E-state index contributed by atoms with van der Waals surface area (Å²) in [5, 5.41) is 0. The summed E-state index contributed by atoms with van der Waals surface area (Å²) in [4.78, 5) is 21.6. The number of methoxy groups -OCH3 is 1. The summed E-state index contributed by atoms with van der Waals surface area (Å²) < 4.78 is 4.58. The molecule has 1 saturated carbocycles. The molecular weight excluding hydrogens is 156 g/mol. The fourth-order valence-corrected chi connectivity index (χ4v) is 1.57. The van der Waals surface area contributed by atoms with E-state index in [-0.39, 0.29) is 17.8 Å². The molecule has 1 aliphatic rings. The fourth-order valence-electron chi connectivity index (χ4n) is 1.57. The van der Waals surface area contributed by atoms with Gasteiger partial charge in [-0.25, -0.2) is 0 Å². The highest BCUT2D eigenvalue weighted by atomic mass is 16.5. The first-order valence-corrected chi connectivity index (χ1v) is 3.88. The first kappa shape index (κ1) is 8.97. The van der Waals surface area contributed by atoms with Gasteiger partial charge in [-0.2, -0.15) is 0 Å². The first-order valence-electron chi connectivity index (χ1n) is 3.88. The Kier molecular flexibility index (Phi) is 2.63. The summed E-state index contributed by atoms with van der Waals surface area (Å²) in [7, 11) is 1.34. The van der Waals surface area contributed by atoms with E-state index in [4.69, 9.17) is 0 Å². The molecule has 66 valence electrons. The van der Waals surface area contributed by atoms with Gasteiger partial charge in [-0.05, 0) is 12.8 Å². The normalized spacial score (nSPS) is 28.6. The Morgan fingerprint density at radius 1 is 1.67 bits per heavy atom. The second-order valence-electron chi connectivity index (χ2n) is 3.09. The minimum Gasteiger partial charge on any atom is -0.469 e. The van der Waals surface area contributed by atoms with Crippen molar-refractivity contribution >= 4 is 12.3 Å². The summed E-state index contributed by atoms with van der Waals surface area (Å²) in [5.41, 5.74) is 0.961. The maximum absolute atomic E-state index is 11.1. The van der Waals surface area contributed by atoms with Crippen molar-refractivity contribution in [2.24, 2.45) is 11.8 Å². The average Bonchev–Trinajstić information content (AvgIpc) is 2.45. The fraction of sp³-hybridized carbons (Fsp3) is 0.556. The first-order chi connectivity index (χ1) is 5.69. The highest BCUT2D eigenvalue weighted by Gasteiger charge is 2.35. The van der Waals surface area contributed by atoms with Crippen LogP contribution in [0.1, 0.15) is 12.8 Å². The minimum absolute atomic E-state index is 0.218. The number of hydrogen-bond donors (Lipinski definition) is 0. The SMILES string of the molecule is C=C1C[C@@H](C=O)[C@H](C(=O)OC)C1. The van der Waals surface area contributed by atoms with Crippen molar-refractivity contribution in [3.05, 3.63) is 12.2 Å². The Morgan fingerprint density at radius 2 is 2.33 bits per heavy atom. The van der Waals surface area contributed by atoms with E-state index in [0.29, 0.717) is 12.8 Å². The van der Waals surface area contributed by atoms with Crippen LogP contribution in [0.2, 0.25) is 0 Å². The lowest BCUT2D eigenvalue weighted by Gasteiger charge is -2.09. The van der Waals surface area contributed by atoms with Crippen molar-refractivity contribution in [3.63, 3.8) is 0 Å². The highest BCUT2D eigenvalue weighted by molar-refractivity contribution is 5.78. The zero-order valence-electron chi connectivity index (χ0n) is 7.08. The molecule has 0 bridgehead atoms. The Morgan fingerprint density at radius 3 is 2.83 bits per heavy atom. The average molecular weight is 168 g/mol. The molecule has 1 fully saturated rings. The van der Waals surface area contributed by atoms with Gasteiger partial charge in [0.2, 0.25) is 0 Å². The number of hydrogen-bond acceptors (Lipinski definition) is 3. The van der Waals surface area contributed by atoms with Crippen LogP contribution in [0.5, 0.6) is 0 Å². The molecule has 0 unspecified atom stereocenters. The van der Waals surface area contributed by atoms with E-state index in [1.165, 1.54) is 7.11 Å². The van der Waals surface area contributed by atoms with E-state index >= 15 is 0 Å². The van der Waals surface area contributed by atoms with E-state index < -0.39 is 0 Å². The summed E-state index contributed by atoms with van der Waals surface area (Å²) in [6.45, 7) is 3.75. The number of ether oxygens (including phenoxy) is 1. The van der Waals surface area contributed by atoms with Crippen molar-refractivity contribution in [1.82, 2.24) is 0 Å². The summed E-state index contributed by atoms with van der Waals surface area (Å²) in [6, 6.07) is 0. The molecule has 3 nitrogen and oxygen atoms in total. The van der Waals surface area contributed by atoms with Gasteiger partial charge in [0, 0.05) is 5.92 Å². The molecular formula is C9H12O3. The minimum atomic E-state index is -0.300. The van der Waals surface area contributed by atoms with E-state index in [0.717, 1.165) is 11.9 Å². The Labute approximate surface area is 71.4 Å². The van der Waals surface area contributed by atoms with Crippen LogP contribution in [-0.2, 0) is 14.3 Å².